The van der Waals surface area contributed by atoms with Gasteiger partial charge < -0.3 is 20.4 Å². The van der Waals surface area contributed by atoms with Gasteiger partial charge in [0.05, 0.1) is 0 Å². The Morgan fingerprint density at radius 1 is 0.476 bits per heavy atom. The number of aliphatic hydroxyl groups excluding tert-OH is 4. The quantitative estimate of drug-likeness (QED) is 0.0406. The average molecular weight is 671 g/mol. The lowest BCUT2D eigenvalue weighted by molar-refractivity contribution is 0.282. The molecule has 42 heavy (non-hydrogen) atoms. The molecule has 0 saturated heterocycles. The molecule has 0 aromatic carbocycles. The van der Waals surface area contributed by atoms with Gasteiger partial charge in [-0.3, -0.25) is 0 Å². The summed E-state index contributed by atoms with van der Waals surface area (Å²) < 4.78 is 0. The molecule has 0 rings (SSSR count). The number of hydrogen-bond acceptors (Lipinski definition) is 4. The number of aliphatic hydroxyl groups is 4. The molecule has 0 aliphatic heterocycles. The van der Waals surface area contributed by atoms with Gasteiger partial charge in [-0.1, -0.05) is 99.8 Å². The molecule has 8 heteroatoms. The van der Waals surface area contributed by atoms with Gasteiger partial charge in [0.1, 0.15) is 0 Å². The van der Waals surface area contributed by atoms with Gasteiger partial charge in [0.25, 0.3) is 0 Å². The van der Waals surface area contributed by atoms with E-state index in [1.165, 1.54) is 121 Å². The second kappa shape index (κ2) is 32.5. The Morgan fingerprint density at radius 3 is 0.976 bits per heavy atom. The molecule has 0 bridgehead atoms. The van der Waals surface area contributed by atoms with E-state index in [9.17, 15) is 20.4 Å². The summed E-state index contributed by atoms with van der Waals surface area (Å²) in [5.41, 5.74) is 0.699. The maximum atomic E-state index is 9.22. The van der Waals surface area contributed by atoms with Crippen LogP contribution in [-0.4, -0.2) is 88.2 Å². The van der Waals surface area contributed by atoms with Crippen LogP contribution in [0.5, 0.6) is 0 Å². The minimum absolute atomic E-state index is 0.0743. The summed E-state index contributed by atoms with van der Waals surface area (Å²) in [5, 5.41) is 36.9. The van der Waals surface area contributed by atoms with E-state index in [2.05, 4.69) is 25.4 Å². The highest BCUT2D eigenvalue weighted by atomic mass is 31.2. The lowest BCUT2D eigenvalue weighted by Gasteiger charge is -2.52. The van der Waals surface area contributed by atoms with Gasteiger partial charge in [-0.2, -0.15) is 0 Å². The van der Waals surface area contributed by atoms with Crippen LogP contribution >= 0.6 is 34.3 Å². The minimum Gasteiger partial charge on any atom is -0.396 e. The van der Waals surface area contributed by atoms with Crippen molar-refractivity contribution in [2.45, 2.75) is 159 Å². The van der Waals surface area contributed by atoms with Crippen molar-refractivity contribution in [2.75, 3.05) is 57.2 Å². The highest BCUT2D eigenvalue weighted by Crippen LogP contribution is 2.72. The molecule has 0 radical (unpaired) electrons. The first-order valence-corrected chi connectivity index (χ1v) is 22.9. The Bertz CT molecular complexity index is 476. The molecule has 0 saturated carbocycles. The summed E-state index contributed by atoms with van der Waals surface area (Å²) >= 11 is 0. The summed E-state index contributed by atoms with van der Waals surface area (Å²) in [6, 6.07) is 0. The molecular weight excluding hydrogens is 596 g/mol. The van der Waals surface area contributed by atoms with Crippen LogP contribution in [0.15, 0.2) is 0 Å². The van der Waals surface area contributed by atoms with Crippen LogP contribution in [-0.2, 0) is 0 Å². The van der Waals surface area contributed by atoms with E-state index in [1.54, 1.807) is 0 Å². The lowest BCUT2D eigenvalue weighted by Crippen LogP contribution is -2.38. The zero-order valence-electron chi connectivity index (χ0n) is 27.8. The zero-order valence-corrected chi connectivity index (χ0v) is 31.9. The molecule has 0 fully saturated rings. The van der Waals surface area contributed by atoms with Crippen molar-refractivity contribution in [2.24, 2.45) is 0 Å². The summed E-state index contributed by atoms with van der Waals surface area (Å²) in [4.78, 5) is 0.484. The first kappa shape index (κ1) is 43.6. The Kier molecular flexibility index (Phi) is 33.7. The molecule has 4 N–H and O–H groups in total. The second-order valence-electron chi connectivity index (χ2n) is 12.4. The highest BCUT2D eigenvalue weighted by molar-refractivity contribution is 7.78. The van der Waals surface area contributed by atoms with Crippen molar-refractivity contribution in [3.63, 3.8) is 0 Å². The third kappa shape index (κ3) is 20.6. The molecule has 0 aromatic heterocycles. The lowest BCUT2D eigenvalue weighted by atomic mass is 10.1. The molecule has 0 aliphatic carbocycles. The molecule has 0 aliphatic rings. The van der Waals surface area contributed by atoms with E-state index < -0.39 is 0 Å². The maximum Gasteiger partial charge on any atom is 0.0431 e. The SMILES string of the molecule is CCC(C(P)CCP)(P(CCCCCCCO)CCCCCCCO)P(CCCCCCCO)CCCCCCCO. The number of unbranched alkanes of at least 4 members (excludes halogenated alkanes) is 16. The summed E-state index contributed by atoms with van der Waals surface area (Å²) in [6.45, 7) is 3.85. The smallest absolute Gasteiger partial charge is 0.0431 e. The van der Waals surface area contributed by atoms with Gasteiger partial charge in [0.2, 0.25) is 0 Å². The van der Waals surface area contributed by atoms with E-state index in [1.807, 2.05) is 0 Å². The monoisotopic (exact) mass is 670 g/mol. The van der Waals surface area contributed by atoms with E-state index in [4.69, 9.17) is 0 Å². The first-order valence-electron chi connectivity index (χ1n) is 18.0. The summed E-state index contributed by atoms with van der Waals surface area (Å²) in [5.74, 6) is 0. The molecular formula is C34H74O4P4. The fourth-order valence-electron chi connectivity index (χ4n) is 6.57. The van der Waals surface area contributed by atoms with E-state index in [0.29, 0.717) is 37.0 Å². The third-order valence-electron chi connectivity index (χ3n) is 9.03. The van der Waals surface area contributed by atoms with Crippen molar-refractivity contribution in [1.82, 2.24) is 0 Å². The third-order valence-corrected chi connectivity index (χ3v) is 19.4. The van der Waals surface area contributed by atoms with E-state index >= 15 is 0 Å². The predicted molar refractivity (Wildman–Crippen MR) is 200 cm³/mol. The van der Waals surface area contributed by atoms with Gasteiger partial charge >= 0.3 is 0 Å². The Hall–Kier alpha value is 1.56. The molecule has 0 aromatic rings. The van der Waals surface area contributed by atoms with Crippen molar-refractivity contribution in [3.05, 3.63) is 0 Å². The molecule has 3 unspecified atom stereocenters. The van der Waals surface area contributed by atoms with Crippen LogP contribution in [0.2, 0.25) is 0 Å². The standard InChI is InChI=1S/C34H74O4P4/c1-2-34(33(40)23-28-39,41(29-19-11-3-7-15-24-35)30-20-12-4-8-16-25-36)42(31-21-13-5-9-17-26-37)32-22-14-6-10-18-27-38/h33,35-38H,2-32,39-40H2,1H3. The van der Waals surface area contributed by atoms with Crippen LogP contribution in [0.3, 0.4) is 0 Å². The average Bonchev–Trinajstić information content (AvgIpc) is 2.99. The second-order valence-corrected chi connectivity index (χ2v) is 19.6. The molecule has 4 nitrogen and oxygen atoms in total. The van der Waals surface area contributed by atoms with Crippen LogP contribution in [0, 0.1) is 0 Å². The Morgan fingerprint density at radius 2 is 0.738 bits per heavy atom. The van der Waals surface area contributed by atoms with Crippen LogP contribution in [0.4, 0.5) is 0 Å². The zero-order chi connectivity index (χ0) is 31.2. The fourth-order valence-corrected chi connectivity index (χ4v) is 18.3. The molecule has 0 amide bonds. The van der Waals surface area contributed by atoms with Gasteiger partial charge in [-0.15, -0.1) is 18.5 Å². The van der Waals surface area contributed by atoms with Crippen molar-refractivity contribution >= 4 is 34.3 Å². The first-order chi connectivity index (χ1) is 20.6. The predicted octanol–water partition coefficient (Wildman–Crippen LogP) is 9.34. The topological polar surface area (TPSA) is 80.9 Å². The van der Waals surface area contributed by atoms with Gasteiger partial charge in [0.15, 0.2) is 0 Å². The van der Waals surface area contributed by atoms with Gasteiger partial charge in [-0.25, -0.2) is 0 Å². The number of rotatable bonds is 34. The van der Waals surface area contributed by atoms with Crippen LogP contribution in [0.25, 0.3) is 0 Å². The minimum atomic E-state index is -0.0743. The van der Waals surface area contributed by atoms with Crippen LogP contribution in [0.1, 0.15) is 148 Å². The maximum absolute atomic E-state index is 9.22. The molecule has 3 atom stereocenters. The van der Waals surface area contributed by atoms with E-state index in [-0.39, 0.29) is 15.8 Å². The van der Waals surface area contributed by atoms with Gasteiger partial charge in [0, 0.05) is 31.3 Å². The molecule has 0 spiro atoms. The van der Waals surface area contributed by atoms with Gasteiger partial charge in [-0.05, 0) is 101 Å². The Labute approximate surface area is 270 Å². The van der Waals surface area contributed by atoms with Crippen molar-refractivity contribution in [3.8, 4) is 0 Å². The van der Waals surface area contributed by atoms with E-state index in [0.717, 1.165) is 51.4 Å². The summed E-state index contributed by atoms with van der Waals surface area (Å²) in [7, 11) is 6.30. The fraction of sp³-hybridized carbons (Fsp3) is 1.00. The highest BCUT2D eigenvalue weighted by Gasteiger charge is 2.46. The molecule has 254 valence electrons. The normalized spacial score (nSPS) is 13.1. The van der Waals surface area contributed by atoms with Crippen molar-refractivity contribution in [1.29, 1.82) is 0 Å². The van der Waals surface area contributed by atoms with Crippen LogP contribution < -0.4 is 0 Å². The number of hydrogen-bond donors (Lipinski definition) is 4. The van der Waals surface area contributed by atoms with Crippen molar-refractivity contribution < 1.29 is 20.4 Å². The molecule has 0 heterocycles. The summed E-state index contributed by atoms with van der Waals surface area (Å²) in [6.07, 6.45) is 33.7. The largest absolute Gasteiger partial charge is 0.396 e. The Balaban J connectivity index is 5.90.